The molecule has 11 heteroatoms. The number of carbonyl (C=O) groups is 1. The van der Waals surface area contributed by atoms with Crippen LogP contribution in [0.4, 0.5) is 0 Å². The smallest absolute Gasteiger partial charge is 0.332 e. The van der Waals surface area contributed by atoms with Crippen molar-refractivity contribution < 1.29 is 14.6 Å². The molecule has 0 bridgehead atoms. The third-order valence-corrected chi connectivity index (χ3v) is 6.96. The molecule has 1 N–H and O–H groups in total. The van der Waals surface area contributed by atoms with E-state index < -0.39 is 16.5 Å². The van der Waals surface area contributed by atoms with Crippen LogP contribution < -0.4 is 11.2 Å². The summed E-state index contributed by atoms with van der Waals surface area (Å²) in [5.41, 5.74) is 0.477. The quantitative estimate of drug-likeness (QED) is 0.312. The summed E-state index contributed by atoms with van der Waals surface area (Å²) < 4.78 is 10.3. The molecule has 3 rings (SSSR count). The molecule has 1 atom stereocenters. The van der Waals surface area contributed by atoms with E-state index in [9.17, 15) is 19.5 Å². The molecule has 33 heavy (non-hydrogen) atoms. The Kier molecular flexibility index (Phi) is 8.55. The number of imidazole rings is 1. The molecule has 0 radical (unpaired) electrons. The fourth-order valence-electron chi connectivity index (χ4n) is 3.49. The molecule has 0 saturated carbocycles. The van der Waals surface area contributed by atoms with Crippen LogP contribution in [0.5, 0.6) is 0 Å². The molecular formula is C22H27BrN4O5S. The number of aromatic nitrogens is 4. The van der Waals surface area contributed by atoms with E-state index in [2.05, 4.69) is 20.9 Å². The van der Waals surface area contributed by atoms with Crippen LogP contribution in [0, 0.1) is 0 Å². The van der Waals surface area contributed by atoms with Crippen molar-refractivity contribution in [3.8, 4) is 0 Å². The first-order valence-corrected chi connectivity index (χ1v) is 12.4. The van der Waals surface area contributed by atoms with Gasteiger partial charge in [-0.15, -0.1) is 0 Å². The fourth-order valence-corrected chi connectivity index (χ4v) is 4.95. The van der Waals surface area contributed by atoms with E-state index in [1.54, 1.807) is 18.5 Å². The maximum atomic E-state index is 13.4. The monoisotopic (exact) mass is 538 g/mol. The van der Waals surface area contributed by atoms with Gasteiger partial charge in [-0.2, -0.15) is 0 Å². The lowest BCUT2D eigenvalue weighted by Crippen LogP contribution is -2.40. The average molecular weight is 539 g/mol. The first kappa shape index (κ1) is 25.3. The molecule has 178 valence electrons. The molecule has 0 aliphatic heterocycles. The molecule has 2 heterocycles. The number of hydrogen-bond acceptors (Lipinski definition) is 7. The SMILES string of the molecule is CCOC(=O)C(CC)Sc1nc2c(c(=O)n(CCCO)c(=O)n2C)n1Cc1cccc(Br)c1. The summed E-state index contributed by atoms with van der Waals surface area (Å²) in [6.07, 6.45) is 0.798. The number of halogens is 1. The van der Waals surface area contributed by atoms with Crippen LogP contribution in [0.3, 0.4) is 0 Å². The third kappa shape index (κ3) is 5.42. The number of aliphatic hydroxyl groups excluding tert-OH is 1. The van der Waals surface area contributed by atoms with Crippen molar-refractivity contribution in [1.29, 1.82) is 0 Å². The van der Waals surface area contributed by atoms with Crippen molar-refractivity contribution in [1.82, 2.24) is 18.7 Å². The van der Waals surface area contributed by atoms with Crippen molar-refractivity contribution in [2.75, 3.05) is 13.2 Å². The molecule has 0 amide bonds. The number of aliphatic hydroxyl groups is 1. The maximum Gasteiger partial charge on any atom is 0.332 e. The number of nitrogens with zero attached hydrogens (tertiary/aromatic N) is 4. The number of thioether (sulfide) groups is 1. The lowest BCUT2D eigenvalue weighted by molar-refractivity contribution is -0.142. The summed E-state index contributed by atoms with van der Waals surface area (Å²) in [4.78, 5) is 43.2. The van der Waals surface area contributed by atoms with E-state index in [0.717, 1.165) is 14.6 Å². The minimum atomic E-state index is -0.503. The Morgan fingerprint density at radius 1 is 1.27 bits per heavy atom. The molecule has 0 spiro atoms. The Hall–Kier alpha value is -2.37. The topological polar surface area (TPSA) is 108 Å². The number of fused-ring (bicyclic) bond motifs is 1. The zero-order valence-electron chi connectivity index (χ0n) is 18.8. The average Bonchev–Trinajstić information content (AvgIpc) is 3.14. The van der Waals surface area contributed by atoms with Gasteiger partial charge in [0.25, 0.3) is 5.56 Å². The highest BCUT2D eigenvalue weighted by Crippen LogP contribution is 2.29. The highest BCUT2D eigenvalue weighted by Gasteiger charge is 2.26. The summed E-state index contributed by atoms with van der Waals surface area (Å²) in [6, 6.07) is 7.67. The van der Waals surface area contributed by atoms with Gasteiger partial charge in [0.05, 0.1) is 13.2 Å². The lowest BCUT2D eigenvalue weighted by atomic mass is 10.2. The Bertz CT molecular complexity index is 1270. The van der Waals surface area contributed by atoms with Gasteiger partial charge in [0.15, 0.2) is 16.3 Å². The summed E-state index contributed by atoms with van der Waals surface area (Å²) in [6.45, 7) is 4.20. The Labute approximate surface area is 203 Å². The molecule has 0 aliphatic carbocycles. The third-order valence-electron chi connectivity index (χ3n) is 5.13. The standard InChI is InChI=1S/C22H27BrN4O5S/c1-4-16(20(30)32-5-2)33-21-24-18-17(27(21)13-14-8-6-9-15(23)12-14)19(29)26(10-7-11-28)22(31)25(18)3/h6,8-9,12,16,28H,4-5,7,10-11,13H2,1-3H3. The van der Waals surface area contributed by atoms with Gasteiger partial charge in [-0.25, -0.2) is 9.78 Å². The van der Waals surface area contributed by atoms with Gasteiger partial charge in [0.2, 0.25) is 0 Å². The van der Waals surface area contributed by atoms with Gasteiger partial charge in [-0.3, -0.25) is 18.7 Å². The van der Waals surface area contributed by atoms with E-state index >= 15 is 0 Å². The second-order valence-corrected chi connectivity index (χ2v) is 9.51. The van der Waals surface area contributed by atoms with Gasteiger partial charge in [0.1, 0.15) is 5.25 Å². The molecule has 2 aromatic heterocycles. The highest BCUT2D eigenvalue weighted by atomic mass is 79.9. The van der Waals surface area contributed by atoms with E-state index in [0.29, 0.717) is 18.1 Å². The van der Waals surface area contributed by atoms with E-state index in [4.69, 9.17) is 4.74 Å². The van der Waals surface area contributed by atoms with Crippen molar-refractivity contribution in [3.05, 3.63) is 55.1 Å². The Balaban J connectivity index is 2.23. The number of benzene rings is 1. The molecule has 1 aromatic carbocycles. The van der Waals surface area contributed by atoms with E-state index in [1.807, 2.05) is 31.2 Å². The number of ether oxygens (including phenoxy) is 1. The van der Waals surface area contributed by atoms with Gasteiger partial charge < -0.3 is 14.4 Å². The van der Waals surface area contributed by atoms with Crippen LogP contribution in [0.15, 0.2) is 43.5 Å². The largest absolute Gasteiger partial charge is 0.465 e. The lowest BCUT2D eigenvalue weighted by Gasteiger charge is -2.15. The second-order valence-electron chi connectivity index (χ2n) is 7.42. The second kappa shape index (κ2) is 11.2. The van der Waals surface area contributed by atoms with Gasteiger partial charge in [-0.1, -0.05) is 46.7 Å². The number of carbonyl (C=O) groups excluding carboxylic acids is 1. The number of esters is 1. The van der Waals surface area contributed by atoms with Crippen LogP contribution in [0.1, 0.15) is 32.3 Å². The van der Waals surface area contributed by atoms with Crippen LogP contribution in [0.2, 0.25) is 0 Å². The maximum absolute atomic E-state index is 13.4. The first-order valence-electron chi connectivity index (χ1n) is 10.7. The van der Waals surface area contributed by atoms with Gasteiger partial charge >= 0.3 is 11.7 Å². The normalized spacial score (nSPS) is 12.3. The van der Waals surface area contributed by atoms with Crippen LogP contribution in [-0.4, -0.2) is 48.2 Å². The minimum absolute atomic E-state index is 0.100. The van der Waals surface area contributed by atoms with Gasteiger partial charge in [-0.05, 0) is 37.5 Å². The molecule has 0 saturated heterocycles. The number of rotatable bonds is 10. The van der Waals surface area contributed by atoms with Crippen LogP contribution in [0.25, 0.3) is 11.2 Å². The Morgan fingerprint density at radius 3 is 2.67 bits per heavy atom. The summed E-state index contributed by atoms with van der Waals surface area (Å²) >= 11 is 4.69. The number of aryl methyl sites for hydroxylation is 1. The fraction of sp³-hybridized carbons (Fsp3) is 0.455. The summed E-state index contributed by atoms with van der Waals surface area (Å²) in [5, 5.41) is 9.15. The molecule has 0 fully saturated rings. The molecule has 9 nitrogen and oxygen atoms in total. The highest BCUT2D eigenvalue weighted by molar-refractivity contribution is 9.10. The van der Waals surface area contributed by atoms with E-state index in [1.165, 1.54) is 16.3 Å². The van der Waals surface area contributed by atoms with Crippen LogP contribution in [-0.2, 0) is 29.7 Å². The molecule has 0 aliphatic rings. The zero-order valence-corrected chi connectivity index (χ0v) is 21.2. The Morgan fingerprint density at radius 2 is 2.03 bits per heavy atom. The molecular weight excluding hydrogens is 512 g/mol. The van der Waals surface area contributed by atoms with Crippen LogP contribution >= 0.6 is 27.7 Å². The van der Waals surface area contributed by atoms with E-state index in [-0.39, 0.29) is 43.3 Å². The first-order chi connectivity index (χ1) is 15.8. The van der Waals surface area contributed by atoms with Gasteiger partial charge in [0, 0.05) is 24.7 Å². The summed E-state index contributed by atoms with van der Waals surface area (Å²) in [5.74, 6) is -0.347. The predicted octanol–water partition coefficient (Wildman–Crippen LogP) is 2.52. The van der Waals surface area contributed by atoms with Crippen molar-refractivity contribution >= 4 is 44.8 Å². The molecule has 3 aromatic rings. The van der Waals surface area contributed by atoms with Crippen molar-refractivity contribution in [2.45, 2.75) is 50.2 Å². The minimum Gasteiger partial charge on any atom is -0.465 e. The zero-order chi connectivity index (χ0) is 24.1. The molecule has 1 unspecified atom stereocenters. The predicted molar refractivity (Wildman–Crippen MR) is 131 cm³/mol. The van der Waals surface area contributed by atoms with Crippen molar-refractivity contribution in [3.63, 3.8) is 0 Å². The number of hydrogen-bond donors (Lipinski definition) is 1. The van der Waals surface area contributed by atoms with Crippen molar-refractivity contribution in [2.24, 2.45) is 7.05 Å². The summed E-state index contributed by atoms with van der Waals surface area (Å²) in [7, 11) is 1.56.